The van der Waals surface area contributed by atoms with Crippen LogP contribution in [0.2, 0.25) is 0 Å². The van der Waals surface area contributed by atoms with Gasteiger partial charge in [0.25, 0.3) is 5.91 Å². The molecule has 0 spiro atoms. The summed E-state index contributed by atoms with van der Waals surface area (Å²) in [7, 11) is 0. The first kappa shape index (κ1) is 21.6. The Balaban J connectivity index is 1.31. The highest BCUT2D eigenvalue weighted by Gasteiger charge is 2.29. The number of nitrogens with one attached hydrogen (secondary N) is 1. The molecular weight excluding hydrogens is 397 g/mol. The van der Waals surface area contributed by atoms with Crippen LogP contribution in [-0.2, 0) is 4.79 Å². The number of amides is 2. The fraction of sp³-hybridized carbons (Fsp3) is 0.500. The van der Waals surface area contributed by atoms with Crippen molar-refractivity contribution in [1.82, 2.24) is 15.1 Å². The van der Waals surface area contributed by atoms with E-state index in [4.69, 9.17) is 4.42 Å². The second-order valence-electron chi connectivity index (χ2n) is 8.62. The minimum Gasteiger partial charge on any atom is -0.456 e. The molecular formula is C24H30FN3O3. The van der Waals surface area contributed by atoms with E-state index in [0.29, 0.717) is 44.4 Å². The molecule has 2 heterocycles. The second-order valence-corrected chi connectivity index (χ2v) is 8.62. The van der Waals surface area contributed by atoms with Crippen LogP contribution in [0.3, 0.4) is 0 Å². The first-order valence-electron chi connectivity index (χ1n) is 11.1. The number of hydrogen-bond donors (Lipinski definition) is 1. The first-order chi connectivity index (χ1) is 15.0. The Kier molecular flexibility index (Phi) is 6.70. The topological polar surface area (TPSA) is 65.8 Å². The average molecular weight is 428 g/mol. The maximum atomic E-state index is 13.4. The molecule has 1 aromatic heterocycles. The van der Waals surface area contributed by atoms with Gasteiger partial charge in [-0.3, -0.25) is 14.5 Å². The Bertz CT molecular complexity index is 897. The van der Waals surface area contributed by atoms with E-state index in [-0.39, 0.29) is 23.7 Å². The smallest absolute Gasteiger partial charge is 0.289 e. The predicted molar refractivity (Wildman–Crippen MR) is 115 cm³/mol. The SMILES string of the molecule is Cc1ccc(C(=O)N2CCN(CC(=O)NC(c3ccc(F)cc3)C3CCCC3)CC2)o1. The van der Waals surface area contributed by atoms with Crippen LogP contribution >= 0.6 is 0 Å². The van der Waals surface area contributed by atoms with Gasteiger partial charge in [-0.25, -0.2) is 4.39 Å². The second kappa shape index (κ2) is 9.64. The standard InChI is InChI=1S/C24H30FN3O3/c1-17-6-11-21(31-17)24(30)28-14-12-27(13-15-28)16-22(29)26-23(18-4-2-3-5-18)19-7-9-20(25)10-8-19/h6-11,18,23H,2-5,12-16H2,1H3,(H,26,29). The van der Waals surface area contributed by atoms with Gasteiger partial charge < -0.3 is 14.6 Å². The zero-order valence-corrected chi connectivity index (χ0v) is 18.0. The molecule has 2 amide bonds. The van der Waals surface area contributed by atoms with E-state index >= 15 is 0 Å². The van der Waals surface area contributed by atoms with Crippen molar-refractivity contribution >= 4 is 11.8 Å². The average Bonchev–Trinajstić information content (AvgIpc) is 3.45. The minimum absolute atomic E-state index is 0.0253. The molecule has 6 nitrogen and oxygen atoms in total. The summed E-state index contributed by atoms with van der Waals surface area (Å²) in [5, 5.41) is 3.21. The summed E-state index contributed by atoms with van der Waals surface area (Å²) in [6.07, 6.45) is 4.50. The number of piperazine rings is 1. The highest BCUT2D eigenvalue weighted by Crippen LogP contribution is 2.35. The van der Waals surface area contributed by atoms with E-state index in [0.717, 1.165) is 24.2 Å². The molecule has 2 aliphatic rings. The van der Waals surface area contributed by atoms with Crippen molar-refractivity contribution in [2.75, 3.05) is 32.7 Å². The molecule has 166 valence electrons. The normalized spacial score (nSPS) is 18.8. The zero-order chi connectivity index (χ0) is 21.8. The van der Waals surface area contributed by atoms with Crippen molar-refractivity contribution in [3.8, 4) is 0 Å². The highest BCUT2D eigenvalue weighted by atomic mass is 19.1. The van der Waals surface area contributed by atoms with Gasteiger partial charge in [0.1, 0.15) is 11.6 Å². The lowest BCUT2D eigenvalue weighted by Gasteiger charge is -2.34. The number of rotatable bonds is 6. The molecule has 0 radical (unpaired) electrons. The van der Waals surface area contributed by atoms with Crippen molar-refractivity contribution in [3.05, 3.63) is 59.3 Å². The van der Waals surface area contributed by atoms with Crippen LogP contribution in [0.15, 0.2) is 40.8 Å². The van der Waals surface area contributed by atoms with Crippen LogP contribution in [0.4, 0.5) is 4.39 Å². The third-order valence-electron chi connectivity index (χ3n) is 6.39. The summed E-state index contributed by atoms with van der Waals surface area (Å²) < 4.78 is 18.8. The van der Waals surface area contributed by atoms with Gasteiger partial charge in [0, 0.05) is 26.2 Å². The molecule has 0 bridgehead atoms. The van der Waals surface area contributed by atoms with Gasteiger partial charge in [0.05, 0.1) is 12.6 Å². The number of halogens is 1. The Labute approximate surface area is 182 Å². The zero-order valence-electron chi connectivity index (χ0n) is 18.0. The molecule has 4 rings (SSSR count). The van der Waals surface area contributed by atoms with Gasteiger partial charge >= 0.3 is 0 Å². The van der Waals surface area contributed by atoms with Gasteiger partial charge in [-0.1, -0.05) is 25.0 Å². The lowest BCUT2D eigenvalue weighted by atomic mass is 9.91. The van der Waals surface area contributed by atoms with Gasteiger partial charge in [-0.05, 0) is 55.5 Å². The number of benzene rings is 1. The summed E-state index contributed by atoms with van der Waals surface area (Å²) in [6.45, 7) is 4.53. The molecule has 31 heavy (non-hydrogen) atoms. The molecule has 1 aromatic carbocycles. The molecule has 1 saturated heterocycles. The quantitative estimate of drug-likeness (QED) is 0.766. The molecule has 2 fully saturated rings. The number of nitrogens with zero attached hydrogens (tertiary/aromatic N) is 2. The summed E-state index contributed by atoms with van der Waals surface area (Å²) in [5.41, 5.74) is 0.964. The Morgan fingerprint density at radius 2 is 1.74 bits per heavy atom. The van der Waals surface area contributed by atoms with Crippen molar-refractivity contribution < 1.29 is 18.4 Å². The number of carbonyl (C=O) groups is 2. The Hall–Kier alpha value is -2.67. The lowest BCUT2D eigenvalue weighted by molar-refractivity contribution is -0.123. The van der Waals surface area contributed by atoms with E-state index in [2.05, 4.69) is 10.2 Å². The molecule has 1 aliphatic carbocycles. The molecule has 7 heteroatoms. The monoisotopic (exact) mass is 427 g/mol. The molecule has 1 N–H and O–H groups in total. The van der Waals surface area contributed by atoms with Crippen LogP contribution in [0.1, 0.15) is 53.6 Å². The maximum absolute atomic E-state index is 13.4. The highest BCUT2D eigenvalue weighted by molar-refractivity contribution is 5.91. The summed E-state index contributed by atoms with van der Waals surface area (Å²) in [6, 6.07) is 9.88. The van der Waals surface area contributed by atoms with Gasteiger partial charge in [-0.15, -0.1) is 0 Å². The minimum atomic E-state index is -0.266. The van der Waals surface area contributed by atoms with E-state index < -0.39 is 0 Å². The van der Waals surface area contributed by atoms with Crippen molar-refractivity contribution in [2.45, 2.75) is 38.6 Å². The first-order valence-corrected chi connectivity index (χ1v) is 11.1. The van der Waals surface area contributed by atoms with Crippen LogP contribution in [-0.4, -0.2) is 54.3 Å². The third kappa shape index (κ3) is 5.34. The Morgan fingerprint density at radius 1 is 1.06 bits per heavy atom. The maximum Gasteiger partial charge on any atom is 0.289 e. The summed E-state index contributed by atoms with van der Waals surface area (Å²) in [4.78, 5) is 29.2. The van der Waals surface area contributed by atoms with Crippen LogP contribution in [0.5, 0.6) is 0 Å². The Morgan fingerprint density at radius 3 is 2.35 bits per heavy atom. The number of carbonyl (C=O) groups excluding carboxylic acids is 2. The van der Waals surface area contributed by atoms with Gasteiger partial charge in [-0.2, -0.15) is 0 Å². The van der Waals surface area contributed by atoms with Crippen LogP contribution in [0.25, 0.3) is 0 Å². The van der Waals surface area contributed by atoms with E-state index in [1.54, 1.807) is 29.2 Å². The molecule has 1 aliphatic heterocycles. The molecule has 1 saturated carbocycles. The largest absolute Gasteiger partial charge is 0.456 e. The number of aryl methyl sites for hydroxylation is 1. The van der Waals surface area contributed by atoms with E-state index in [1.165, 1.54) is 25.0 Å². The van der Waals surface area contributed by atoms with Crippen molar-refractivity contribution in [3.63, 3.8) is 0 Å². The van der Waals surface area contributed by atoms with Crippen LogP contribution in [0, 0.1) is 18.7 Å². The van der Waals surface area contributed by atoms with Gasteiger partial charge in [0.15, 0.2) is 5.76 Å². The van der Waals surface area contributed by atoms with Crippen LogP contribution < -0.4 is 5.32 Å². The van der Waals surface area contributed by atoms with Crippen molar-refractivity contribution in [2.24, 2.45) is 5.92 Å². The summed E-state index contributed by atoms with van der Waals surface area (Å²) >= 11 is 0. The number of furan rings is 1. The fourth-order valence-electron chi connectivity index (χ4n) is 4.67. The molecule has 2 aromatic rings. The van der Waals surface area contributed by atoms with E-state index in [9.17, 15) is 14.0 Å². The predicted octanol–water partition coefficient (Wildman–Crippen LogP) is 3.53. The summed E-state index contributed by atoms with van der Waals surface area (Å²) in [5.74, 6) is 1.08. The van der Waals surface area contributed by atoms with Crippen molar-refractivity contribution in [1.29, 1.82) is 0 Å². The lowest BCUT2D eigenvalue weighted by Crippen LogP contribution is -2.51. The van der Waals surface area contributed by atoms with E-state index in [1.807, 2.05) is 6.92 Å². The molecule has 1 unspecified atom stereocenters. The molecule has 1 atom stereocenters. The fourth-order valence-corrected chi connectivity index (χ4v) is 4.67. The van der Waals surface area contributed by atoms with Gasteiger partial charge in [0.2, 0.25) is 5.91 Å². The number of hydrogen-bond acceptors (Lipinski definition) is 4. The third-order valence-corrected chi connectivity index (χ3v) is 6.39.